The van der Waals surface area contributed by atoms with Crippen molar-refractivity contribution in [1.29, 1.82) is 0 Å². The van der Waals surface area contributed by atoms with E-state index in [-0.39, 0.29) is 12.1 Å². The Bertz CT molecular complexity index is 308. The number of ether oxygens (including phenoxy) is 1. The van der Waals surface area contributed by atoms with Gasteiger partial charge in [-0.25, -0.2) is 9.59 Å². The Kier molecular flexibility index (Phi) is 4.34. The van der Waals surface area contributed by atoms with Gasteiger partial charge in [0.05, 0.1) is 6.10 Å². The SMILES string of the molecule is CCC(C)(NC(=O)N1CCC(OC)C1)C(=O)O. The van der Waals surface area contributed by atoms with Crippen LogP contribution in [-0.4, -0.2) is 53.8 Å². The maximum Gasteiger partial charge on any atom is 0.329 e. The second-order valence-corrected chi connectivity index (χ2v) is 4.51. The molecule has 1 heterocycles. The number of likely N-dealkylation sites (tertiary alicyclic amines) is 1. The van der Waals surface area contributed by atoms with Crippen LogP contribution in [0, 0.1) is 0 Å². The molecule has 98 valence electrons. The van der Waals surface area contributed by atoms with Gasteiger partial charge in [0.25, 0.3) is 0 Å². The third-order valence-corrected chi connectivity index (χ3v) is 3.33. The lowest BCUT2D eigenvalue weighted by Gasteiger charge is -2.27. The molecule has 1 saturated heterocycles. The van der Waals surface area contributed by atoms with Crippen LogP contribution >= 0.6 is 0 Å². The van der Waals surface area contributed by atoms with Crippen LogP contribution < -0.4 is 5.32 Å². The summed E-state index contributed by atoms with van der Waals surface area (Å²) in [4.78, 5) is 24.5. The van der Waals surface area contributed by atoms with E-state index in [4.69, 9.17) is 9.84 Å². The Hall–Kier alpha value is -1.30. The fraction of sp³-hybridized carbons (Fsp3) is 0.818. The summed E-state index contributed by atoms with van der Waals surface area (Å²) in [6.45, 7) is 4.36. The molecule has 0 aromatic carbocycles. The second kappa shape index (κ2) is 5.35. The number of amides is 2. The van der Waals surface area contributed by atoms with Crippen molar-refractivity contribution >= 4 is 12.0 Å². The van der Waals surface area contributed by atoms with E-state index in [9.17, 15) is 9.59 Å². The number of carboxylic acids is 1. The maximum atomic E-state index is 11.9. The van der Waals surface area contributed by atoms with Gasteiger partial charge in [0.15, 0.2) is 0 Å². The van der Waals surface area contributed by atoms with Crippen molar-refractivity contribution in [1.82, 2.24) is 10.2 Å². The molecule has 0 spiro atoms. The zero-order chi connectivity index (χ0) is 13.1. The lowest BCUT2D eigenvalue weighted by molar-refractivity contribution is -0.143. The first kappa shape index (κ1) is 13.8. The van der Waals surface area contributed by atoms with Crippen LogP contribution in [0.25, 0.3) is 0 Å². The smallest absolute Gasteiger partial charge is 0.329 e. The highest BCUT2D eigenvalue weighted by atomic mass is 16.5. The molecule has 2 unspecified atom stereocenters. The molecule has 6 nitrogen and oxygen atoms in total. The summed E-state index contributed by atoms with van der Waals surface area (Å²) in [5.74, 6) is -1.02. The van der Waals surface area contributed by atoms with E-state index >= 15 is 0 Å². The van der Waals surface area contributed by atoms with Crippen molar-refractivity contribution < 1.29 is 19.4 Å². The van der Waals surface area contributed by atoms with Gasteiger partial charge < -0.3 is 20.1 Å². The van der Waals surface area contributed by atoms with Crippen molar-refractivity contribution in [2.24, 2.45) is 0 Å². The molecular weight excluding hydrogens is 224 g/mol. The Balaban J connectivity index is 2.57. The zero-order valence-electron chi connectivity index (χ0n) is 10.5. The fourth-order valence-electron chi connectivity index (χ4n) is 1.71. The van der Waals surface area contributed by atoms with E-state index in [1.807, 2.05) is 0 Å². The van der Waals surface area contributed by atoms with E-state index in [0.717, 1.165) is 6.42 Å². The number of nitrogens with one attached hydrogen (secondary N) is 1. The number of carbonyl (C=O) groups excluding carboxylic acids is 1. The van der Waals surface area contributed by atoms with Crippen LogP contribution in [0.15, 0.2) is 0 Å². The minimum Gasteiger partial charge on any atom is -0.480 e. The van der Waals surface area contributed by atoms with Gasteiger partial charge in [0.2, 0.25) is 0 Å². The number of carbonyl (C=O) groups is 2. The maximum absolute atomic E-state index is 11.9. The molecule has 6 heteroatoms. The summed E-state index contributed by atoms with van der Waals surface area (Å²) in [6, 6.07) is -0.337. The van der Waals surface area contributed by atoms with Gasteiger partial charge in [0, 0.05) is 20.2 Å². The van der Waals surface area contributed by atoms with Crippen LogP contribution in [0.2, 0.25) is 0 Å². The highest BCUT2D eigenvalue weighted by molar-refractivity contribution is 5.85. The summed E-state index contributed by atoms with van der Waals surface area (Å²) in [5.41, 5.74) is -1.21. The quantitative estimate of drug-likeness (QED) is 0.762. The monoisotopic (exact) mass is 244 g/mol. The van der Waals surface area contributed by atoms with Crippen molar-refractivity contribution in [3.63, 3.8) is 0 Å². The number of rotatable bonds is 4. The molecule has 1 aliphatic rings. The molecule has 17 heavy (non-hydrogen) atoms. The second-order valence-electron chi connectivity index (χ2n) is 4.51. The molecule has 2 atom stereocenters. The summed E-state index contributed by atoms with van der Waals surface area (Å²) < 4.78 is 5.16. The highest BCUT2D eigenvalue weighted by Crippen LogP contribution is 2.15. The summed E-state index contributed by atoms with van der Waals surface area (Å²) in [5, 5.41) is 11.6. The molecule has 0 saturated carbocycles. The van der Waals surface area contributed by atoms with E-state index in [1.54, 1.807) is 18.9 Å². The molecule has 1 rings (SSSR count). The third kappa shape index (κ3) is 3.09. The first-order valence-electron chi connectivity index (χ1n) is 5.76. The molecule has 0 radical (unpaired) electrons. The third-order valence-electron chi connectivity index (χ3n) is 3.33. The van der Waals surface area contributed by atoms with Crippen LogP contribution in [0.1, 0.15) is 26.7 Å². The first-order valence-corrected chi connectivity index (χ1v) is 5.76. The van der Waals surface area contributed by atoms with Gasteiger partial charge in [0.1, 0.15) is 5.54 Å². The topological polar surface area (TPSA) is 78.9 Å². The summed E-state index contributed by atoms with van der Waals surface area (Å²) >= 11 is 0. The zero-order valence-corrected chi connectivity index (χ0v) is 10.5. The molecule has 1 aliphatic heterocycles. The predicted molar refractivity (Wildman–Crippen MR) is 61.9 cm³/mol. The van der Waals surface area contributed by atoms with Crippen LogP contribution in [0.3, 0.4) is 0 Å². The van der Waals surface area contributed by atoms with Crippen LogP contribution in [-0.2, 0) is 9.53 Å². The van der Waals surface area contributed by atoms with Gasteiger partial charge in [-0.2, -0.15) is 0 Å². The van der Waals surface area contributed by atoms with E-state index < -0.39 is 11.5 Å². The lowest BCUT2D eigenvalue weighted by atomic mass is 10.00. The van der Waals surface area contributed by atoms with Gasteiger partial charge in [-0.05, 0) is 19.8 Å². The Morgan fingerprint density at radius 2 is 2.24 bits per heavy atom. The summed E-state index contributed by atoms with van der Waals surface area (Å²) in [6.07, 6.45) is 1.19. The van der Waals surface area contributed by atoms with Gasteiger partial charge in [-0.1, -0.05) is 6.92 Å². The van der Waals surface area contributed by atoms with Gasteiger partial charge >= 0.3 is 12.0 Å². The van der Waals surface area contributed by atoms with Gasteiger partial charge in [-0.15, -0.1) is 0 Å². The molecular formula is C11H20N2O4. The number of urea groups is 1. The Labute approximate surface area is 101 Å². The number of carboxylic acid groups (broad SMARTS) is 1. The average molecular weight is 244 g/mol. The number of nitrogens with zero attached hydrogens (tertiary/aromatic N) is 1. The van der Waals surface area contributed by atoms with E-state index in [1.165, 1.54) is 6.92 Å². The molecule has 0 aromatic heterocycles. The van der Waals surface area contributed by atoms with Gasteiger partial charge in [-0.3, -0.25) is 0 Å². The highest BCUT2D eigenvalue weighted by Gasteiger charge is 2.36. The molecule has 2 N–H and O–H groups in total. The molecule has 0 aliphatic carbocycles. The van der Waals surface area contributed by atoms with Crippen molar-refractivity contribution in [3.8, 4) is 0 Å². The van der Waals surface area contributed by atoms with E-state index in [2.05, 4.69) is 5.32 Å². The number of hydrogen-bond donors (Lipinski definition) is 2. The first-order chi connectivity index (χ1) is 7.92. The average Bonchev–Trinajstić information content (AvgIpc) is 2.77. The minimum absolute atomic E-state index is 0.0541. The van der Waals surface area contributed by atoms with E-state index in [0.29, 0.717) is 19.5 Å². The predicted octanol–water partition coefficient (Wildman–Crippen LogP) is 0.670. The molecule has 0 bridgehead atoms. The minimum atomic E-state index is -1.21. The van der Waals surface area contributed by atoms with Crippen molar-refractivity contribution in [2.75, 3.05) is 20.2 Å². The standard InChI is InChI=1S/C11H20N2O4/c1-4-11(2,9(14)15)12-10(16)13-6-5-8(7-13)17-3/h8H,4-7H2,1-3H3,(H,12,16)(H,14,15). The van der Waals surface area contributed by atoms with Crippen molar-refractivity contribution in [2.45, 2.75) is 38.3 Å². The van der Waals surface area contributed by atoms with Crippen molar-refractivity contribution in [3.05, 3.63) is 0 Å². The normalized spacial score (nSPS) is 23.2. The molecule has 1 fully saturated rings. The fourth-order valence-corrected chi connectivity index (χ4v) is 1.71. The molecule has 2 amide bonds. The lowest BCUT2D eigenvalue weighted by Crippen LogP contribution is -2.55. The van der Waals surface area contributed by atoms with Crippen LogP contribution in [0.4, 0.5) is 4.79 Å². The number of aliphatic carboxylic acids is 1. The molecule has 0 aromatic rings. The number of hydrogen-bond acceptors (Lipinski definition) is 3. The largest absolute Gasteiger partial charge is 0.480 e. The Morgan fingerprint density at radius 3 is 2.65 bits per heavy atom. The van der Waals surface area contributed by atoms with Crippen LogP contribution in [0.5, 0.6) is 0 Å². The number of methoxy groups -OCH3 is 1. The Morgan fingerprint density at radius 1 is 1.59 bits per heavy atom. The summed E-state index contributed by atoms with van der Waals surface area (Å²) in [7, 11) is 1.61.